The Hall–Kier alpha value is -3.49. The van der Waals surface area contributed by atoms with Crippen molar-refractivity contribution in [1.29, 1.82) is 0 Å². The first kappa shape index (κ1) is 27.1. The number of hydrogen-bond acceptors (Lipinski definition) is 7. The second kappa shape index (κ2) is 10.9. The zero-order valence-corrected chi connectivity index (χ0v) is 22.8. The zero-order valence-electron chi connectivity index (χ0n) is 22.8. The van der Waals surface area contributed by atoms with Crippen molar-refractivity contribution in [3.8, 4) is 17.1 Å². The van der Waals surface area contributed by atoms with E-state index in [0.29, 0.717) is 6.54 Å². The lowest BCUT2D eigenvalue weighted by Gasteiger charge is -2.18. The highest BCUT2D eigenvalue weighted by Crippen LogP contribution is 2.64. The second-order valence-corrected chi connectivity index (χ2v) is 11.1. The lowest BCUT2D eigenvalue weighted by Crippen LogP contribution is -2.20. The number of ether oxygens (including phenoxy) is 1. The quantitative estimate of drug-likeness (QED) is 0.284. The van der Waals surface area contributed by atoms with Crippen molar-refractivity contribution in [2.75, 3.05) is 25.1 Å². The molecule has 1 heterocycles. The van der Waals surface area contributed by atoms with Crippen molar-refractivity contribution in [2.45, 2.75) is 58.9 Å². The number of nitrogens with zero attached hydrogens (tertiary/aromatic N) is 2. The van der Waals surface area contributed by atoms with Gasteiger partial charge in [0.25, 0.3) is 0 Å². The number of anilines is 1. The van der Waals surface area contributed by atoms with Gasteiger partial charge in [-0.2, -0.15) is 9.97 Å². The Morgan fingerprint density at radius 3 is 2.46 bits per heavy atom. The highest BCUT2D eigenvalue weighted by molar-refractivity contribution is 5.73. The molecule has 0 radical (unpaired) electrons. The summed E-state index contributed by atoms with van der Waals surface area (Å²) < 4.78 is 5.64. The first-order chi connectivity index (χ1) is 18.7. The topological polar surface area (TPSA) is 125 Å². The molecule has 0 aliphatic heterocycles. The number of aliphatic carboxylic acids is 1. The average Bonchev–Trinajstić information content (AvgIpc) is 3.61. The zero-order chi connectivity index (χ0) is 27.7. The van der Waals surface area contributed by atoms with E-state index < -0.39 is 5.97 Å². The number of aromatic nitrogens is 2. The molecule has 206 valence electrons. The van der Waals surface area contributed by atoms with Gasteiger partial charge < -0.3 is 25.4 Å². The largest absolute Gasteiger partial charge is 0.481 e. The van der Waals surface area contributed by atoms with Crippen LogP contribution in [-0.2, 0) is 17.8 Å². The minimum atomic E-state index is -0.716. The number of aryl methyl sites for hydroxylation is 2. The number of nitrogens with one attached hydrogen (secondary N) is 1. The predicted molar refractivity (Wildman–Crippen MR) is 149 cm³/mol. The van der Waals surface area contributed by atoms with E-state index in [1.165, 1.54) is 16.7 Å². The van der Waals surface area contributed by atoms with Gasteiger partial charge in [0.05, 0.1) is 37.6 Å². The average molecular weight is 532 g/mol. The number of hydrogen-bond donors (Lipinski definition) is 4. The van der Waals surface area contributed by atoms with Crippen LogP contribution in [0, 0.1) is 32.1 Å². The van der Waals surface area contributed by atoms with Gasteiger partial charge in [0.1, 0.15) is 0 Å². The maximum atomic E-state index is 11.5. The minimum absolute atomic E-state index is 0.134. The van der Waals surface area contributed by atoms with Crippen LogP contribution in [0.1, 0.15) is 58.8 Å². The van der Waals surface area contributed by atoms with Crippen LogP contribution in [0.25, 0.3) is 11.1 Å². The monoisotopic (exact) mass is 531 g/mol. The summed E-state index contributed by atoms with van der Waals surface area (Å²) in [6, 6.07) is 12.9. The summed E-state index contributed by atoms with van der Waals surface area (Å²) in [4.78, 5) is 20.5. The Kier molecular flexibility index (Phi) is 7.60. The summed E-state index contributed by atoms with van der Waals surface area (Å²) in [7, 11) is 0. The van der Waals surface area contributed by atoms with Crippen molar-refractivity contribution >= 4 is 11.7 Å². The minimum Gasteiger partial charge on any atom is -0.481 e. The Bertz CT molecular complexity index is 1360. The van der Waals surface area contributed by atoms with Crippen molar-refractivity contribution in [2.24, 2.45) is 11.3 Å². The van der Waals surface area contributed by atoms with Crippen LogP contribution in [-0.4, -0.2) is 51.1 Å². The van der Waals surface area contributed by atoms with Crippen molar-refractivity contribution in [3.63, 3.8) is 0 Å². The van der Waals surface area contributed by atoms with Gasteiger partial charge in [0.15, 0.2) is 0 Å². The molecule has 8 nitrogen and oxygen atoms in total. The molecule has 4 N–H and O–H groups in total. The van der Waals surface area contributed by atoms with Crippen LogP contribution in [0.3, 0.4) is 0 Å². The van der Waals surface area contributed by atoms with Crippen molar-refractivity contribution < 1.29 is 24.9 Å². The molecule has 3 aromatic rings. The molecule has 1 spiro atoms. The van der Waals surface area contributed by atoms with E-state index in [4.69, 9.17) is 4.74 Å². The first-order valence-corrected chi connectivity index (χ1v) is 13.6. The summed E-state index contributed by atoms with van der Waals surface area (Å²) >= 11 is 0. The fraction of sp³-hybridized carbons (Fsp3) is 0.452. The van der Waals surface area contributed by atoms with E-state index in [0.717, 1.165) is 53.0 Å². The third kappa shape index (κ3) is 5.49. The summed E-state index contributed by atoms with van der Waals surface area (Å²) in [6.45, 7) is 6.46. The normalized spacial score (nSPS) is 16.9. The SMILES string of the molecule is Cc1nc(OCC(CO)CO)nc(C)c1-c1cccc(CNc2ccc3c(c2)CC2(CC2)C3CC(=O)O)c1C. The van der Waals surface area contributed by atoms with E-state index >= 15 is 0 Å². The Balaban J connectivity index is 1.32. The van der Waals surface area contributed by atoms with E-state index in [9.17, 15) is 20.1 Å². The number of carboxylic acids is 1. The molecule has 39 heavy (non-hydrogen) atoms. The number of carboxylic acid groups (broad SMARTS) is 1. The Morgan fingerprint density at radius 1 is 1.10 bits per heavy atom. The van der Waals surface area contributed by atoms with Gasteiger partial charge in [-0.1, -0.05) is 24.3 Å². The van der Waals surface area contributed by atoms with E-state index in [2.05, 4.69) is 52.5 Å². The van der Waals surface area contributed by atoms with Gasteiger partial charge in [-0.25, -0.2) is 0 Å². The number of aliphatic hydroxyl groups excluding tert-OH is 2. The van der Waals surface area contributed by atoms with Crippen molar-refractivity contribution in [1.82, 2.24) is 9.97 Å². The molecule has 0 bridgehead atoms. The molecule has 0 saturated heterocycles. The molecule has 8 heteroatoms. The maximum absolute atomic E-state index is 11.5. The third-order valence-electron chi connectivity index (χ3n) is 8.48. The van der Waals surface area contributed by atoms with Gasteiger partial charge in [-0.05, 0) is 85.4 Å². The molecular formula is C31H37N3O5. The molecule has 5 rings (SSSR count). The molecule has 0 amide bonds. The maximum Gasteiger partial charge on any atom is 0.316 e. The number of carbonyl (C=O) groups is 1. The van der Waals surface area contributed by atoms with E-state index in [1.54, 1.807) is 0 Å². The van der Waals surface area contributed by atoms with Gasteiger partial charge in [0, 0.05) is 29.6 Å². The number of fused-ring (bicyclic) bond motifs is 1. The van der Waals surface area contributed by atoms with Crippen LogP contribution >= 0.6 is 0 Å². The first-order valence-electron chi connectivity index (χ1n) is 13.6. The van der Waals surface area contributed by atoms with Crippen LogP contribution in [0.4, 0.5) is 5.69 Å². The number of rotatable bonds is 11. The second-order valence-electron chi connectivity index (χ2n) is 11.1. The van der Waals surface area contributed by atoms with Crippen LogP contribution in [0.15, 0.2) is 36.4 Å². The third-order valence-corrected chi connectivity index (χ3v) is 8.48. The highest BCUT2D eigenvalue weighted by Gasteiger charge is 2.54. The number of benzene rings is 2. The van der Waals surface area contributed by atoms with Gasteiger partial charge >= 0.3 is 12.0 Å². The Labute approximate surface area is 229 Å². The summed E-state index contributed by atoms with van der Waals surface area (Å²) in [5.41, 5.74) is 9.67. The molecule has 1 aromatic heterocycles. The fourth-order valence-corrected chi connectivity index (χ4v) is 6.07. The predicted octanol–water partition coefficient (Wildman–Crippen LogP) is 4.56. The van der Waals surface area contributed by atoms with Crippen LogP contribution < -0.4 is 10.1 Å². The highest BCUT2D eigenvalue weighted by atomic mass is 16.5. The molecule has 1 atom stereocenters. The van der Waals surface area contributed by atoms with Gasteiger partial charge in [-0.15, -0.1) is 0 Å². The van der Waals surface area contributed by atoms with Crippen LogP contribution in [0.2, 0.25) is 0 Å². The molecule has 2 aromatic carbocycles. The molecule has 2 aliphatic carbocycles. The molecule has 1 saturated carbocycles. The molecular weight excluding hydrogens is 494 g/mol. The summed E-state index contributed by atoms with van der Waals surface area (Å²) in [6.07, 6.45) is 3.43. The molecule has 1 fully saturated rings. The van der Waals surface area contributed by atoms with E-state index in [1.807, 2.05) is 19.9 Å². The molecule has 1 unspecified atom stereocenters. The van der Waals surface area contributed by atoms with Crippen molar-refractivity contribution in [3.05, 3.63) is 70.0 Å². The van der Waals surface area contributed by atoms with E-state index in [-0.39, 0.29) is 49.5 Å². The standard InChI is InChI=1S/C31H37N3O5/c1-18-22(14-32-24-7-8-26-23(11-24)13-31(9-10-31)27(26)12-28(37)38)5-4-6-25(18)29-19(2)33-30(34-20(29)3)39-17-21(15-35)16-36/h4-8,11,21,27,32,35-36H,9-10,12-17H2,1-3H3,(H,37,38). The smallest absolute Gasteiger partial charge is 0.316 e. The Morgan fingerprint density at radius 2 is 1.82 bits per heavy atom. The number of aliphatic hydroxyl groups is 2. The fourth-order valence-electron chi connectivity index (χ4n) is 6.07. The lowest BCUT2D eigenvalue weighted by molar-refractivity contribution is -0.137. The summed E-state index contributed by atoms with van der Waals surface area (Å²) in [5.74, 6) is -0.951. The molecule has 2 aliphatic rings. The lowest BCUT2D eigenvalue weighted by atomic mass is 9.87. The summed E-state index contributed by atoms with van der Waals surface area (Å²) in [5, 5.41) is 31.6. The van der Waals surface area contributed by atoms with Gasteiger partial charge in [0.2, 0.25) is 0 Å². The van der Waals surface area contributed by atoms with Gasteiger partial charge in [-0.3, -0.25) is 4.79 Å². The van der Waals surface area contributed by atoms with Crippen LogP contribution in [0.5, 0.6) is 6.01 Å².